The molecule has 1 atom stereocenters. The first kappa shape index (κ1) is 25.8. The molecule has 2 aromatic carbocycles. The largest absolute Gasteiger partial charge is 0.497 e. The van der Waals surface area contributed by atoms with Crippen molar-refractivity contribution in [1.29, 1.82) is 0 Å². The monoisotopic (exact) mass is 509 g/mol. The number of carbonyl (C=O) groups is 1. The van der Waals surface area contributed by atoms with Crippen molar-refractivity contribution in [1.82, 2.24) is 5.32 Å². The van der Waals surface area contributed by atoms with Crippen LogP contribution in [0, 0.1) is 5.92 Å². The molecule has 0 spiro atoms. The second-order valence-corrected chi connectivity index (χ2v) is 8.72. The maximum Gasteiger partial charge on any atom is 0.405 e. The molecule has 2 aliphatic rings. The van der Waals surface area contributed by atoms with Gasteiger partial charge in [0.1, 0.15) is 18.1 Å². The molecule has 0 aromatic heterocycles. The first-order valence-electron chi connectivity index (χ1n) is 11.5. The standard InChI is InChI=1S/C28H26F3N3O3/c1-17-4-13-24(33-16-28(29,30)31)32-14-21-15-34(22-9-11-23(37-3)12-10-22)18(2)26(25(17)21)19-5-7-20(8-6-19)27(35)36/h5-15,17,33H,2,4,16H2,1,3H3,(H,35,36)/b24-13-,32-14-. The molecule has 192 valence electrons. The first-order valence-corrected chi connectivity index (χ1v) is 11.5. The second-order valence-electron chi connectivity index (χ2n) is 8.72. The van der Waals surface area contributed by atoms with Crippen molar-refractivity contribution >= 4 is 23.4 Å². The summed E-state index contributed by atoms with van der Waals surface area (Å²) in [7, 11) is 1.58. The molecule has 2 N–H and O–H groups in total. The van der Waals surface area contributed by atoms with E-state index >= 15 is 0 Å². The number of ether oxygens (including phenoxy) is 1. The van der Waals surface area contributed by atoms with Crippen LogP contribution >= 0.6 is 0 Å². The van der Waals surface area contributed by atoms with E-state index in [1.54, 1.807) is 31.5 Å². The fraction of sp³-hybridized carbons (Fsp3) is 0.214. The normalized spacial score (nSPS) is 20.2. The summed E-state index contributed by atoms with van der Waals surface area (Å²) < 4.78 is 43.6. The van der Waals surface area contributed by atoms with Gasteiger partial charge in [-0.2, -0.15) is 13.2 Å². The number of nitrogens with zero attached hydrogens (tertiary/aromatic N) is 2. The molecule has 4 rings (SSSR count). The molecule has 2 aliphatic heterocycles. The molecule has 0 bridgehead atoms. The van der Waals surface area contributed by atoms with Crippen LogP contribution in [-0.2, 0) is 0 Å². The highest BCUT2D eigenvalue weighted by molar-refractivity contribution is 6.00. The molecule has 1 unspecified atom stereocenters. The van der Waals surface area contributed by atoms with Gasteiger partial charge in [0.25, 0.3) is 0 Å². The third kappa shape index (κ3) is 5.77. The van der Waals surface area contributed by atoms with Crippen LogP contribution < -0.4 is 15.0 Å². The fourth-order valence-electron chi connectivity index (χ4n) is 4.32. The molecule has 9 heteroatoms. The minimum absolute atomic E-state index is 0.0930. The summed E-state index contributed by atoms with van der Waals surface area (Å²) in [6.45, 7) is 5.17. The van der Waals surface area contributed by atoms with Gasteiger partial charge in [0.15, 0.2) is 0 Å². The molecule has 0 saturated heterocycles. The Hall–Kier alpha value is -4.27. The van der Waals surface area contributed by atoms with Crippen LogP contribution in [0.1, 0.15) is 29.3 Å². The molecule has 0 saturated carbocycles. The van der Waals surface area contributed by atoms with E-state index in [2.05, 4.69) is 16.9 Å². The molecule has 0 fully saturated rings. The number of aliphatic imine (C=N–C) groups is 1. The molecule has 2 aromatic rings. The number of hydrogen-bond donors (Lipinski definition) is 2. The number of nitrogens with one attached hydrogen (secondary N) is 1. The van der Waals surface area contributed by atoms with E-state index < -0.39 is 18.7 Å². The number of rotatable bonds is 6. The minimum Gasteiger partial charge on any atom is -0.497 e. The predicted molar refractivity (Wildman–Crippen MR) is 137 cm³/mol. The Morgan fingerprint density at radius 3 is 2.46 bits per heavy atom. The number of benzene rings is 2. The Morgan fingerprint density at radius 2 is 1.86 bits per heavy atom. The summed E-state index contributed by atoms with van der Waals surface area (Å²) >= 11 is 0. The fourth-order valence-corrected chi connectivity index (χ4v) is 4.32. The summed E-state index contributed by atoms with van der Waals surface area (Å²) in [5, 5.41) is 11.7. The Bertz CT molecular complexity index is 1320. The van der Waals surface area contributed by atoms with Crippen molar-refractivity contribution in [3.8, 4) is 5.75 Å². The maximum absolute atomic E-state index is 12.8. The number of carboxylic acids is 1. The van der Waals surface area contributed by atoms with Crippen molar-refractivity contribution in [2.24, 2.45) is 10.9 Å². The van der Waals surface area contributed by atoms with Gasteiger partial charge >= 0.3 is 12.1 Å². The van der Waals surface area contributed by atoms with Crippen LogP contribution in [0.2, 0.25) is 0 Å². The highest BCUT2D eigenvalue weighted by Crippen LogP contribution is 2.42. The van der Waals surface area contributed by atoms with Gasteiger partial charge in [0.05, 0.1) is 12.7 Å². The summed E-state index contributed by atoms with van der Waals surface area (Å²) in [5.41, 5.74) is 4.85. The first-order chi connectivity index (χ1) is 17.6. The predicted octanol–water partition coefficient (Wildman–Crippen LogP) is 6.17. The number of alkyl halides is 3. The van der Waals surface area contributed by atoms with Gasteiger partial charge in [-0.05, 0) is 65.9 Å². The number of anilines is 1. The van der Waals surface area contributed by atoms with Crippen LogP contribution in [0.15, 0.2) is 95.0 Å². The smallest absolute Gasteiger partial charge is 0.405 e. The molecule has 6 nitrogen and oxygen atoms in total. The third-order valence-corrected chi connectivity index (χ3v) is 6.17. The van der Waals surface area contributed by atoms with Gasteiger partial charge in [0, 0.05) is 34.9 Å². The molecule has 0 amide bonds. The Balaban J connectivity index is 1.82. The number of carboxylic acid groups (broad SMARTS) is 1. The highest BCUT2D eigenvalue weighted by atomic mass is 19.4. The summed E-state index contributed by atoms with van der Waals surface area (Å²) in [6.07, 6.45) is 1.14. The Labute approximate surface area is 212 Å². The highest BCUT2D eigenvalue weighted by Gasteiger charge is 2.30. The lowest BCUT2D eigenvalue weighted by Gasteiger charge is -2.35. The second kappa shape index (κ2) is 10.4. The van der Waals surface area contributed by atoms with Gasteiger partial charge in [-0.25, -0.2) is 9.79 Å². The van der Waals surface area contributed by atoms with Gasteiger partial charge in [-0.1, -0.05) is 25.6 Å². The van der Waals surface area contributed by atoms with Crippen LogP contribution in [0.4, 0.5) is 18.9 Å². The van der Waals surface area contributed by atoms with E-state index in [1.165, 1.54) is 12.1 Å². The lowest BCUT2D eigenvalue weighted by Crippen LogP contribution is -2.29. The third-order valence-electron chi connectivity index (χ3n) is 6.17. The lowest BCUT2D eigenvalue weighted by molar-refractivity contribution is -0.123. The quantitative estimate of drug-likeness (QED) is 0.487. The summed E-state index contributed by atoms with van der Waals surface area (Å²) in [5.74, 6) is -0.282. The minimum atomic E-state index is -4.36. The SMILES string of the molecule is C=C1C(c2ccc(C(=O)O)cc2)=C2C(=CN1c1ccc(OC)cc1)/C=N\C(NCC(F)(F)F)=C\CC2C. The number of allylic oxidation sites excluding steroid dienone is 4. The van der Waals surface area contributed by atoms with E-state index in [0.717, 1.165) is 22.4 Å². The average Bonchev–Trinajstić information content (AvgIpc) is 2.87. The average molecular weight is 510 g/mol. The van der Waals surface area contributed by atoms with Crippen molar-refractivity contribution in [3.05, 3.63) is 101 Å². The van der Waals surface area contributed by atoms with Crippen LogP contribution in [-0.4, -0.2) is 37.1 Å². The van der Waals surface area contributed by atoms with Gasteiger partial charge in [0.2, 0.25) is 0 Å². The lowest BCUT2D eigenvalue weighted by atomic mass is 9.81. The molecule has 0 aliphatic carbocycles. The number of aromatic carboxylic acids is 1. The van der Waals surface area contributed by atoms with Crippen LogP contribution in [0.5, 0.6) is 5.75 Å². The van der Waals surface area contributed by atoms with E-state index in [0.29, 0.717) is 23.4 Å². The maximum atomic E-state index is 12.8. The van der Waals surface area contributed by atoms with Crippen molar-refractivity contribution in [2.75, 3.05) is 18.6 Å². The Kier molecular flexibility index (Phi) is 7.24. The molecular weight excluding hydrogens is 483 g/mol. The summed E-state index contributed by atoms with van der Waals surface area (Å²) in [6, 6.07) is 13.9. The van der Waals surface area contributed by atoms with Gasteiger partial charge < -0.3 is 20.1 Å². The zero-order chi connectivity index (χ0) is 26.7. The van der Waals surface area contributed by atoms with Gasteiger partial charge in [-0.15, -0.1) is 0 Å². The molecule has 37 heavy (non-hydrogen) atoms. The number of halogens is 3. The Morgan fingerprint density at radius 1 is 1.19 bits per heavy atom. The molecule has 0 radical (unpaired) electrons. The van der Waals surface area contributed by atoms with E-state index in [4.69, 9.17) is 4.74 Å². The zero-order valence-corrected chi connectivity index (χ0v) is 20.3. The molecule has 2 heterocycles. The van der Waals surface area contributed by atoms with E-state index in [1.807, 2.05) is 42.3 Å². The molecular formula is C28H26F3N3O3. The van der Waals surface area contributed by atoms with Crippen LogP contribution in [0.3, 0.4) is 0 Å². The number of methoxy groups -OCH3 is 1. The van der Waals surface area contributed by atoms with E-state index in [9.17, 15) is 23.1 Å². The summed E-state index contributed by atoms with van der Waals surface area (Å²) in [4.78, 5) is 17.6. The number of fused-ring (bicyclic) bond motifs is 1. The van der Waals surface area contributed by atoms with Crippen molar-refractivity contribution < 1.29 is 27.8 Å². The van der Waals surface area contributed by atoms with Crippen molar-refractivity contribution in [3.63, 3.8) is 0 Å². The van der Waals surface area contributed by atoms with Gasteiger partial charge in [-0.3, -0.25) is 0 Å². The van der Waals surface area contributed by atoms with E-state index in [-0.39, 0.29) is 17.3 Å². The topological polar surface area (TPSA) is 74.2 Å². The van der Waals surface area contributed by atoms with Crippen molar-refractivity contribution in [2.45, 2.75) is 19.5 Å². The number of hydrogen-bond acceptors (Lipinski definition) is 5. The zero-order valence-electron chi connectivity index (χ0n) is 20.3. The van der Waals surface area contributed by atoms with Crippen LogP contribution in [0.25, 0.3) is 5.57 Å².